The zero-order chi connectivity index (χ0) is 18.6. The summed E-state index contributed by atoms with van der Waals surface area (Å²) >= 11 is 7.26. The molecule has 0 amide bonds. The fourth-order valence-corrected chi connectivity index (χ4v) is 5.10. The second-order valence-electron chi connectivity index (χ2n) is 5.26. The Labute approximate surface area is 156 Å². The van der Waals surface area contributed by atoms with Crippen LogP contribution in [0.2, 0.25) is 4.34 Å². The highest BCUT2D eigenvalue weighted by molar-refractivity contribution is 7.89. The number of nitrogens with zero attached hydrogens (tertiary/aromatic N) is 1. The van der Waals surface area contributed by atoms with Gasteiger partial charge >= 0.3 is 5.97 Å². The summed E-state index contributed by atoms with van der Waals surface area (Å²) in [5.74, 6) is -0.511. The standard InChI is InChI=1S/C17H18ClNO4S2/c1-4-9-19(11-14-6-8-16(18)24-14)25(21,22)15-7-5-13(10-12(15)2)17(20)23-3/h4-8,10H,1,9,11H2,2-3H3. The van der Waals surface area contributed by atoms with Gasteiger partial charge in [-0.15, -0.1) is 17.9 Å². The molecule has 0 radical (unpaired) electrons. The van der Waals surface area contributed by atoms with E-state index in [0.717, 1.165) is 4.88 Å². The third-order valence-electron chi connectivity index (χ3n) is 3.51. The van der Waals surface area contributed by atoms with Crippen LogP contribution in [-0.4, -0.2) is 32.3 Å². The molecule has 25 heavy (non-hydrogen) atoms. The lowest BCUT2D eigenvalue weighted by Gasteiger charge is -2.21. The average molecular weight is 400 g/mol. The number of ether oxygens (including phenoxy) is 1. The summed E-state index contributed by atoms with van der Waals surface area (Å²) in [4.78, 5) is 12.6. The quantitative estimate of drug-likeness (QED) is 0.523. The van der Waals surface area contributed by atoms with E-state index in [1.165, 1.54) is 47.0 Å². The number of carbonyl (C=O) groups excluding carboxylic acids is 1. The maximum atomic E-state index is 13.0. The van der Waals surface area contributed by atoms with E-state index in [-0.39, 0.29) is 18.0 Å². The van der Waals surface area contributed by atoms with Crippen molar-refractivity contribution < 1.29 is 17.9 Å². The van der Waals surface area contributed by atoms with Crippen molar-refractivity contribution >= 4 is 38.9 Å². The molecule has 0 spiro atoms. The summed E-state index contributed by atoms with van der Waals surface area (Å²) in [7, 11) is -2.48. The Morgan fingerprint density at radius 2 is 2.08 bits per heavy atom. The lowest BCUT2D eigenvalue weighted by molar-refractivity contribution is 0.0600. The van der Waals surface area contributed by atoms with Crippen molar-refractivity contribution in [1.82, 2.24) is 4.31 Å². The van der Waals surface area contributed by atoms with Crippen molar-refractivity contribution in [3.05, 3.63) is 63.3 Å². The molecule has 0 saturated heterocycles. The molecule has 0 saturated carbocycles. The fourth-order valence-electron chi connectivity index (χ4n) is 2.32. The van der Waals surface area contributed by atoms with E-state index < -0.39 is 16.0 Å². The summed E-state index contributed by atoms with van der Waals surface area (Å²) in [6.45, 7) is 5.64. The first-order chi connectivity index (χ1) is 11.8. The van der Waals surface area contributed by atoms with Gasteiger partial charge in [0.15, 0.2) is 0 Å². The number of rotatable bonds is 7. The minimum Gasteiger partial charge on any atom is -0.465 e. The first kappa shape index (κ1) is 19.7. The third kappa shape index (κ3) is 4.49. The highest BCUT2D eigenvalue weighted by Crippen LogP contribution is 2.27. The van der Waals surface area contributed by atoms with Crippen molar-refractivity contribution in [3.63, 3.8) is 0 Å². The molecule has 0 aliphatic carbocycles. The van der Waals surface area contributed by atoms with E-state index in [4.69, 9.17) is 11.6 Å². The minimum absolute atomic E-state index is 0.143. The summed E-state index contributed by atoms with van der Waals surface area (Å²) < 4.78 is 32.7. The normalized spacial score (nSPS) is 11.5. The molecule has 0 bridgehead atoms. The van der Waals surface area contributed by atoms with Gasteiger partial charge in [0.2, 0.25) is 10.0 Å². The van der Waals surface area contributed by atoms with Gasteiger partial charge in [-0.3, -0.25) is 0 Å². The number of hydrogen-bond donors (Lipinski definition) is 0. The molecular formula is C17H18ClNO4S2. The van der Waals surface area contributed by atoms with Gasteiger partial charge in [0.05, 0.1) is 21.9 Å². The molecule has 2 aromatic rings. The van der Waals surface area contributed by atoms with Gasteiger partial charge in [0, 0.05) is 18.0 Å². The van der Waals surface area contributed by atoms with E-state index in [2.05, 4.69) is 11.3 Å². The van der Waals surface area contributed by atoms with Crippen LogP contribution in [0.15, 0.2) is 47.9 Å². The van der Waals surface area contributed by atoms with Crippen molar-refractivity contribution in [2.45, 2.75) is 18.4 Å². The summed E-state index contributed by atoms with van der Waals surface area (Å²) in [6, 6.07) is 7.91. The van der Waals surface area contributed by atoms with Crippen LogP contribution in [0.1, 0.15) is 20.8 Å². The lowest BCUT2D eigenvalue weighted by atomic mass is 10.1. The van der Waals surface area contributed by atoms with Crippen LogP contribution in [0, 0.1) is 6.92 Å². The molecule has 0 aliphatic rings. The highest BCUT2D eigenvalue weighted by Gasteiger charge is 2.26. The Bertz CT molecular complexity index is 890. The van der Waals surface area contributed by atoms with Crippen molar-refractivity contribution in [2.24, 2.45) is 0 Å². The number of hydrogen-bond acceptors (Lipinski definition) is 5. The SMILES string of the molecule is C=CCN(Cc1ccc(Cl)s1)S(=O)(=O)c1ccc(C(=O)OC)cc1C. The van der Waals surface area contributed by atoms with Crippen molar-refractivity contribution in [3.8, 4) is 0 Å². The van der Waals surface area contributed by atoms with Crippen LogP contribution in [-0.2, 0) is 21.3 Å². The predicted octanol–water partition coefficient (Wildman–Crippen LogP) is 3.87. The van der Waals surface area contributed by atoms with Crippen LogP contribution < -0.4 is 0 Å². The molecule has 1 aromatic carbocycles. The Kier molecular flexibility index (Phi) is 6.40. The van der Waals surface area contributed by atoms with E-state index >= 15 is 0 Å². The molecule has 5 nitrogen and oxygen atoms in total. The zero-order valence-corrected chi connectivity index (χ0v) is 16.2. The summed E-state index contributed by atoms with van der Waals surface area (Å²) in [5, 5.41) is 0. The van der Waals surface area contributed by atoms with E-state index in [1.54, 1.807) is 19.1 Å². The number of sulfonamides is 1. The number of benzene rings is 1. The Hall–Kier alpha value is -1.67. The molecule has 0 aliphatic heterocycles. The minimum atomic E-state index is -3.76. The van der Waals surface area contributed by atoms with Crippen molar-refractivity contribution in [2.75, 3.05) is 13.7 Å². The van der Waals surface area contributed by atoms with Gasteiger partial charge in [0.25, 0.3) is 0 Å². The smallest absolute Gasteiger partial charge is 0.337 e. The van der Waals surface area contributed by atoms with Crippen LogP contribution in [0.4, 0.5) is 0 Å². The van der Waals surface area contributed by atoms with Crippen LogP contribution in [0.25, 0.3) is 0 Å². The largest absolute Gasteiger partial charge is 0.465 e. The van der Waals surface area contributed by atoms with Gasteiger partial charge in [-0.2, -0.15) is 4.31 Å². The third-order valence-corrected chi connectivity index (χ3v) is 6.70. The number of methoxy groups -OCH3 is 1. The van der Waals surface area contributed by atoms with Gasteiger partial charge < -0.3 is 4.74 Å². The molecule has 0 unspecified atom stereocenters. The van der Waals surface area contributed by atoms with Gasteiger partial charge in [-0.1, -0.05) is 17.7 Å². The number of carbonyl (C=O) groups is 1. The molecule has 2 rings (SSSR count). The summed E-state index contributed by atoms with van der Waals surface area (Å²) in [5.41, 5.74) is 0.778. The highest BCUT2D eigenvalue weighted by atomic mass is 35.5. The first-order valence-electron chi connectivity index (χ1n) is 7.33. The number of halogens is 1. The predicted molar refractivity (Wildman–Crippen MR) is 99.6 cm³/mol. The Morgan fingerprint density at radius 1 is 1.36 bits per heavy atom. The second-order valence-corrected chi connectivity index (χ2v) is 8.97. The maximum Gasteiger partial charge on any atom is 0.337 e. The molecule has 134 valence electrons. The van der Waals surface area contributed by atoms with E-state index in [9.17, 15) is 13.2 Å². The van der Waals surface area contributed by atoms with Gasteiger partial charge in [-0.25, -0.2) is 13.2 Å². The molecule has 0 atom stereocenters. The monoisotopic (exact) mass is 399 g/mol. The van der Waals surface area contributed by atoms with E-state index in [0.29, 0.717) is 15.5 Å². The fraction of sp³-hybridized carbons (Fsp3) is 0.235. The Morgan fingerprint density at radius 3 is 2.60 bits per heavy atom. The molecule has 0 N–H and O–H groups in total. The summed E-state index contributed by atoms with van der Waals surface area (Å²) in [6.07, 6.45) is 1.53. The second kappa shape index (κ2) is 8.14. The Balaban J connectivity index is 2.39. The van der Waals surface area contributed by atoms with Crippen LogP contribution in [0.3, 0.4) is 0 Å². The van der Waals surface area contributed by atoms with Crippen molar-refractivity contribution in [1.29, 1.82) is 0 Å². The van der Waals surface area contributed by atoms with E-state index in [1.807, 2.05) is 0 Å². The maximum absolute atomic E-state index is 13.0. The number of thiophene rings is 1. The van der Waals surface area contributed by atoms with Crippen LogP contribution in [0.5, 0.6) is 0 Å². The average Bonchev–Trinajstić information content (AvgIpc) is 2.98. The molecule has 1 heterocycles. The molecule has 1 aromatic heterocycles. The molecule has 0 fully saturated rings. The topological polar surface area (TPSA) is 63.7 Å². The van der Waals surface area contributed by atoms with Gasteiger partial charge in [-0.05, 0) is 42.8 Å². The molecule has 8 heteroatoms. The molecular weight excluding hydrogens is 382 g/mol. The zero-order valence-electron chi connectivity index (χ0n) is 13.9. The first-order valence-corrected chi connectivity index (χ1v) is 9.97. The number of aryl methyl sites for hydroxylation is 1. The number of esters is 1. The lowest BCUT2D eigenvalue weighted by Crippen LogP contribution is -2.31. The van der Waals surface area contributed by atoms with Gasteiger partial charge in [0.1, 0.15) is 0 Å². The van der Waals surface area contributed by atoms with Crippen LogP contribution >= 0.6 is 22.9 Å².